The number of aryl methyl sites for hydroxylation is 1. The van der Waals surface area contributed by atoms with E-state index in [0.29, 0.717) is 17.8 Å². The maximum atomic E-state index is 12.1. The van der Waals surface area contributed by atoms with Crippen LogP contribution >= 0.6 is 0 Å². The van der Waals surface area contributed by atoms with Gasteiger partial charge in [0.2, 0.25) is 0 Å². The van der Waals surface area contributed by atoms with Crippen molar-refractivity contribution < 1.29 is 4.79 Å². The van der Waals surface area contributed by atoms with Crippen LogP contribution in [0.2, 0.25) is 0 Å². The Balaban J connectivity index is 2.03. The van der Waals surface area contributed by atoms with Crippen LogP contribution in [0, 0.1) is 11.3 Å². The first kappa shape index (κ1) is 14.6. The Hall–Kier alpha value is -2.81. The molecule has 6 heteroatoms. The molecule has 0 aliphatic rings. The lowest BCUT2D eigenvalue weighted by molar-refractivity contribution is 0.0947. The maximum absolute atomic E-state index is 12.1. The Labute approximate surface area is 123 Å². The third-order valence-corrected chi connectivity index (χ3v) is 3.11. The molecule has 2 aromatic rings. The van der Waals surface area contributed by atoms with Gasteiger partial charge in [0, 0.05) is 6.54 Å². The molecule has 1 heterocycles. The van der Waals surface area contributed by atoms with E-state index in [2.05, 4.69) is 21.6 Å². The number of nitrogens with one attached hydrogen (secondary N) is 2. The predicted octanol–water partition coefficient (Wildman–Crippen LogP) is 1.75. The molecular weight excluding hydrogens is 266 g/mol. The molecule has 2 rings (SSSR count). The number of carbonyl (C=O) groups excluding carboxylic acids is 1. The normalized spacial score (nSPS) is 10.1. The summed E-state index contributed by atoms with van der Waals surface area (Å²) in [6, 6.07) is 9.14. The number of H-pyrrole nitrogens is 1. The van der Waals surface area contributed by atoms with Crippen molar-refractivity contribution >= 4 is 11.6 Å². The number of hydrogen-bond donors (Lipinski definition) is 3. The van der Waals surface area contributed by atoms with Crippen LogP contribution in [0.3, 0.4) is 0 Å². The Morgan fingerprint density at radius 1 is 1.52 bits per heavy atom. The average Bonchev–Trinajstić information content (AvgIpc) is 2.87. The summed E-state index contributed by atoms with van der Waals surface area (Å²) >= 11 is 0. The average molecular weight is 283 g/mol. The number of carbonyl (C=O) groups is 1. The van der Waals surface area contributed by atoms with E-state index in [9.17, 15) is 4.79 Å². The van der Waals surface area contributed by atoms with E-state index in [0.717, 1.165) is 24.1 Å². The summed E-state index contributed by atoms with van der Waals surface area (Å²) in [6.45, 7) is 2.35. The van der Waals surface area contributed by atoms with Crippen LogP contribution in [-0.2, 0) is 13.0 Å². The van der Waals surface area contributed by atoms with Crippen LogP contribution in [0.1, 0.15) is 40.7 Å². The van der Waals surface area contributed by atoms with Gasteiger partial charge >= 0.3 is 0 Å². The van der Waals surface area contributed by atoms with E-state index in [1.165, 1.54) is 0 Å². The molecule has 0 saturated carbocycles. The van der Waals surface area contributed by atoms with Crippen LogP contribution in [-0.4, -0.2) is 16.1 Å². The van der Waals surface area contributed by atoms with Gasteiger partial charge in [-0.1, -0.05) is 25.5 Å². The lowest BCUT2D eigenvalue weighted by atomic mass is 10.1. The van der Waals surface area contributed by atoms with Gasteiger partial charge in [0.1, 0.15) is 0 Å². The van der Waals surface area contributed by atoms with Crippen molar-refractivity contribution in [2.75, 3.05) is 5.73 Å². The zero-order valence-corrected chi connectivity index (χ0v) is 11.8. The van der Waals surface area contributed by atoms with Crippen molar-refractivity contribution in [1.29, 1.82) is 5.26 Å². The van der Waals surface area contributed by atoms with Crippen LogP contribution < -0.4 is 11.1 Å². The topological polar surface area (TPSA) is 108 Å². The van der Waals surface area contributed by atoms with Gasteiger partial charge in [-0.2, -0.15) is 10.4 Å². The Kier molecular flexibility index (Phi) is 4.57. The summed E-state index contributed by atoms with van der Waals surface area (Å²) < 4.78 is 0. The van der Waals surface area contributed by atoms with Crippen LogP contribution in [0.25, 0.3) is 0 Å². The number of benzene rings is 1. The monoisotopic (exact) mass is 283 g/mol. The van der Waals surface area contributed by atoms with E-state index in [1.807, 2.05) is 13.0 Å². The molecule has 0 spiro atoms. The highest BCUT2D eigenvalue weighted by Gasteiger charge is 2.16. The number of nitrogens with zero attached hydrogens (tertiary/aromatic N) is 2. The summed E-state index contributed by atoms with van der Waals surface area (Å²) in [6.07, 6.45) is 1.69. The Morgan fingerprint density at radius 3 is 3.05 bits per heavy atom. The van der Waals surface area contributed by atoms with Crippen LogP contribution in [0.5, 0.6) is 0 Å². The van der Waals surface area contributed by atoms with Gasteiger partial charge in [-0.3, -0.25) is 9.89 Å². The zero-order chi connectivity index (χ0) is 15.2. The van der Waals surface area contributed by atoms with Gasteiger partial charge in [-0.05, 0) is 24.1 Å². The highest BCUT2D eigenvalue weighted by atomic mass is 16.1. The second-order valence-corrected chi connectivity index (χ2v) is 4.71. The van der Waals surface area contributed by atoms with E-state index in [1.54, 1.807) is 18.2 Å². The van der Waals surface area contributed by atoms with E-state index in [-0.39, 0.29) is 11.6 Å². The number of aromatic amines is 1. The highest BCUT2D eigenvalue weighted by Crippen LogP contribution is 2.15. The van der Waals surface area contributed by atoms with Crippen LogP contribution in [0.4, 0.5) is 5.69 Å². The molecule has 4 N–H and O–H groups in total. The Morgan fingerprint density at radius 2 is 2.33 bits per heavy atom. The molecule has 0 aliphatic heterocycles. The van der Waals surface area contributed by atoms with Gasteiger partial charge < -0.3 is 11.1 Å². The number of nitriles is 1. The number of nitrogens with two attached hydrogens (primary N) is 1. The first-order valence-corrected chi connectivity index (χ1v) is 6.75. The minimum atomic E-state index is -0.325. The summed E-state index contributed by atoms with van der Waals surface area (Å²) in [4.78, 5) is 12.1. The molecule has 0 radical (unpaired) electrons. The lowest BCUT2D eigenvalue weighted by Crippen LogP contribution is -2.24. The number of aromatic nitrogens is 2. The number of rotatable bonds is 5. The summed E-state index contributed by atoms with van der Waals surface area (Å²) in [5, 5.41) is 18.4. The third-order valence-electron chi connectivity index (χ3n) is 3.11. The molecule has 0 aliphatic carbocycles. The smallest absolute Gasteiger partial charge is 0.274 e. The fourth-order valence-electron chi connectivity index (χ4n) is 2.02. The zero-order valence-electron chi connectivity index (χ0n) is 11.8. The predicted molar refractivity (Wildman–Crippen MR) is 79.3 cm³/mol. The minimum absolute atomic E-state index is 0.217. The lowest BCUT2D eigenvalue weighted by Gasteiger charge is -2.04. The van der Waals surface area contributed by atoms with Crippen molar-refractivity contribution in [2.45, 2.75) is 26.3 Å². The minimum Gasteiger partial charge on any atom is -0.395 e. The van der Waals surface area contributed by atoms with E-state index < -0.39 is 0 Å². The van der Waals surface area contributed by atoms with E-state index in [4.69, 9.17) is 11.0 Å². The van der Waals surface area contributed by atoms with Crippen molar-refractivity contribution in [2.24, 2.45) is 0 Å². The molecule has 1 amide bonds. The molecule has 1 aromatic heterocycles. The second kappa shape index (κ2) is 6.57. The van der Waals surface area contributed by atoms with Crippen molar-refractivity contribution in [3.8, 4) is 6.07 Å². The molecule has 0 unspecified atom stereocenters. The molecule has 0 bridgehead atoms. The largest absolute Gasteiger partial charge is 0.395 e. The van der Waals surface area contributed by atoms with Crippen LogP contribution in [0.15, 0.2) is 24.3 Å². The first-order chi connectivity index (χ1) is 10.2. The molecule has 1 aromatic carbocycles. The van der Waals surface area contributed by atoms with Crippen molar-refractivity contribution in [3.63, 3.8) is 0 Å². The first-order valence-electron chi connectivity index (χ1n) is 6.75. The summed E-state index contributed by atoms with van der Waals surface area (Å²) in [5.41, 5.74) is 8.73. The molecule has 21 heavy (non-hydrogen) atoms. The number of amides is 1. The maximum Gasteiger partial charge on any atom is 0.274 e. The molecule has 0 atom stereocenters. The van der Waals surface area contributed by atoms with Gasteiger partial charge in [0.25, 0.3) is 5.91 Å². The standard InChI is InChI=1S/C15H17N5O/c1-2-4-12-13(17)14(20-19-12)15(21)18-9-11-6-3-5-10(7-11)8-16/h3,5-7H,2,4,9,17H2,1H3,(H,18,21)(H,19,20). The molecule has 0 fully saturated rings. The number of nitrogen functional groups attached to an aromatic ring is 1. The molecule has 6 nitrogen and oxygen atoms in total. The van der Waals surface area contributed by atoms with Gasteiger partial charge in [-0.15, -0.1) is 0 Å². The van der Waals surface area contributed by atoms with Crippen molar-refractivity contribution in [1.82, 2.24) is 15.5 Å². The quantitative estimate of drug-likeness (QED) is 0.776. The molecule has 108 valence electrons. The van der Waals surface area contributed by atoms with Gasteiger partial charge in [0.05, 0.1) is 23.0 Å². The van der Waals surface area contributed by atoms with Gasteiger partial charge in [0.15, 0.2) is 5.69 Å². The summed E-state index contributed by atoms with van der Waals surface area (Å²) in [5.74, 6) is -0.325. The fourth-order valence-corrected chi connectivity index (χ4v) is 2.02. The third kappa shape index (κ3) is 3.39. The van der Waals surface area contributed by atoms with Gasteiger partial charge in [-0.25, -0.2) is 0 Å². The molecule has 0 saturated heterocycles. The highest BCUT2D eigenvalue weighted by molar-refractivity contribution is 5.97. The SMILES string of the molecule is CCCc1[nH]nc(C(=O)NCc2cccc(C#N)c2)c1N. The Bertz CT molecular complexity index is 684. The second-order valence-electron chi connectivity index (χ2n) is 4.71. The number of anilines is 1. The fraction of sp³-hybridized carbons (Fsp3) is 0.267. The summed E-state index contributed by atoms with van der Waals surface area (Å²) in [7, 11) is 0. The van der Waals surface area contributed by atoms with E-state index >= 15 is 0 Å². The number of hydrogen-bond acceptors (Lipinski definition) is 4. The van der Waals surface area contributed by atoms with Crippen molar-refractivity contribution in [3.05, 3.63) is 46.8 Å². The molecular formula is C15H17N5O.